The van der Waals surface area contributed by atoms with Crippen LogP contribution < -0.4 is 0 Å². The smallest absolute Gasteiger partial charge is 0.00534 e. The lowest BCUT2D eigenvalue weighted by molar-refractivity contribution is 0.628. The van der Waals surface area contributed by atoms with Gasteiger partial charge in [0.15, 0.2) is 0 Å². The van der Waals surface area contributed by atoms with E-state index in [4.69, 9.17) is 0 Å². The minimum absolute atomic E-state index is 0.746. The lowest BCUT2D eigenvalue weighted by Gasteiger charge is -2.11. The van der Waals surface area contributed by atoms with Crippen LogP contribution in [0, 0.1) is 5.92 Å². The van der Waals surface area contributed by atoms with Crippen LogP contribution in [0.1, 0.15) is 45.4 Å². The molecular weight excluding hydrogens is 144 g/mol. The number of allylic oxidation sites excluding steroid dienone is 4. The van der Waals surface area contributed by atoms with E-state index in [0.717, 1.165) is 5.92 Å². The van der Waals surface area contributed by atoms with Crippen LogP contribution in [0.25, 0.3) is 0 Å². The standard InChI is InChI=1S/C12H20/c1-2-3-4-6-9-12-10-7-5-8-11-12/h6-7,9-10,12H,2-5,8,11H2,1H3. The van der Waals surface area contributed by atoms with Gasteiger partial charge in [0.1, 0.15) is 0 Å². The van der Waals surface area contributed by atoms with Crippen molar-refractivity contribution in [3.05, 3.63) is 24.3 Å². The van der Waals surface area contributed by atoms with Crippen molar-refractivity contribution in [1.29, 1.82) is 0 Å². The fourth-order valence-corrected chi connectivity index (χ4v) is 1.59. The molecule has 0 nitrogen and oxygen atoms in total. The van der Waals surface area contributed by atoms with Gasteiger partial charge < -0.3 is 0 Å². The number of unbranched alkanes of at least 4 members (excludes halogenated alkanes) is 2. The van der Waals surface area contributed by atoms with E-state index < -0.39 is 0 Å². The van der Waals surface area contributed by atoms with Gasteiger partial charge in [0.2, 0.25) is 0 Å². The van der Waals surface area contributed by atoms with Crippen molar-refractivity contribution in [2.45, 2.75) is 45.4 Å². The maximum atomic E-state index is 2.38. The molecule has 68 valence electrons. The monoisotopic (exact) mass is 164 g/mol. The molecule has 0 saturated carbocycles. The molecule has 0 aliphatic heterocycles. The van der Waals surface area contributed by atoms with E-state index in [2.05, 4.69) is 31.2 Å². The van der Waals surface area contributed by atoms with E-state index >= 15 is 0 Å². The second-order valence-corrected chi connectivity index (χ2v) is 3.59. The van der Waals surface area contributed by atoms with Crippen molar-refractivity contribution in [3.63, 3.8) is 0 Å². The fourth-order valence-electron chi connectivity index (χ4n) is 1.59. The molecule has 0 heteroatoms. The summed E-state index contributed by atoms with van der Waals surface area (Å²) in [5.41, 5.74) is 0. The van der Waals surface area contributed by atoms with Crippen molar-refractivity contribution in [3.8, 4) is 0 Å². The van der Waals surface area contributed by atoms with Gasteiger partial charge in [0, 0.05) is 0 Å². The quantitative estimate of drug-likeness (QED) is 0.433. The van der Waals surface area contributed by atoms with Crippen LogP contribution in [-0.4, -0.2) is 0 Å². The lowest BCUT2D eigenvalue weighted by atomic mass is 9.95. The molecule has 12 heavy (non-hydrogen) atoms. The molecule has 0 bridgehead atoms. The van der Waals surface area contributed by atoms with Crippen LogP contribution in [-0.2, 0) is 0 Å². The van der Waals surface area contributed by atoms with Crippen LogP contribution in [0.2, 0.25) is 0 Å². The molecule has 0 spiro atoms. The van der Waals surface area contributed by atoms with E-state index in [0.29, 0.717) is 0 Å². The van der Waals surface area contributed by atoms with Crippen LogP contribution in [0.5, 0.6) is 0 Å². The SMILES string of the molecule is CCCCC=CC1C=CCCC1. The van der Waals surface area contributed by atoms with Crippen LogP contribution >= 0.6 is 0 Å². The van der Waals surface area contributed by atoms with Crippen molar-refractivity contribution < 1.29 is 0 Å². The summed E-state index contributed by atoms with van der Waals surface area (Å²) in [7, 11) is 0. The van der Waals surface area contributed by atoms with Gasteiger partial charge in [-0.2, -0.15) is 0 Å². The van der Waals surface area contributed by atoms with Crippen molar-refractivity contribution in [1.82, 2.24) is 0 Å². The Morgan fingerprint density at radius 2 is 2.42 bits per heavy atom. The zero-order chi connectivity index (χ0) is 8.65. The maximum Gasteiger partial charge on any atom is -0.00534 e. The van der Waals surface area contributed by atoms with E-state index in [1.165, 1.54) is 38.5 Å². The predicted molar refractivity (Wildman–Crippen MR) is 55.1 cm³/mol. The molecule has 0 radical (unpaired) electrons. The topological polar surface area (TPSA) is 0 Å². The number of hydrogen-bond donors (Lipinski definition) is 0. The molecule has 1 unspecified atom stereocenters. The van der Waals surface area contributed by atoms with Gasteiger partial charge in [-0.25, -0.2) is 0 Å². The zero-order valence-electron chi connectivity index (χ0n) is 8.13. The molecule has 1 aliphatic carbocycles. The summed E-state index contributed by atoms with van der Waals surface area (Å²) >= 11 is 0. The molecule has 0 aromatic heterocycles. The minimum Gasteiger partial charge on any atom is -0.0879 e. The number of hydrogen-bond acceptors (Lipinski definition) is 0. The first-order chi connectivity index (χ1) is 5.93. The van der Waals surface area contributed by atoms with Crippen molar-refractivity contribution in [2.24, 2.45) is 5.92 Å². The Balaban J connectivity index is 2.15. The second kappa shape index (κ2) is 6.05. The highest BCUT2D eigenvalue weighted by Gasteiger charge is 2.02. The van der Waals surface area contributed by atoms with Gasteiger partial charge in [-0.1, -0.05) is 44.1 Å². The molecule has 0 amide bonds. The molecule has 0 N–H and O–H groups in total. The fraction of sp³-hybridized carbons (Fsp3) is 0.667. The van der Waals surface area contributed by atoms with Gasteiger partial charge in [-0.05, 0) is 31.6 Å². The molecular formula is C12H20. The third-order valence-electron chi connectivity index (χ3n) is 2.40. The molecule has 1 aliphatic rings. The average molecular weight is 164 g/mol. The Labute approximate surface area is 76.4 Å². The summed E-state index contributed by atoms with van der Waals surface area (Å²) in [6.07, 6.45) is 17.3. The Bertz CT molecular complexity index is 153. The van der Waals surface area contributed by atoms with Crippen molar-refractivity contribution in [2.75, 3.05) is 0 Å². The Morgan fingerprint density at radius 1 is 1.50 bits per heavy atom. The van der Waals surface area contributed by atoms with Crippen LogP contribution in [0.15, 0.2) is 24.3 Å². The van der Waals surface area contributed by atoms with E-state index in [1.807, 2.05) is 0 Å². The zero-order valence-corrected chi connectivity index (χ0v) is 8.13. The summed E-state index contributed by atoms with van der Waals surface area (Å²) in [6.45, 7) is 2.24. The van der Waals surface area contributed by atoms with Crippen LogP contribution in [0.3, 0.4) is 0 Å². The summed E-state index contributed by atoms with van der Waals surface area (Å²) in [5, 5.41) is 0. The molecule has 0 aromatic carbocycles. The largest absolute Gasteiger partial charge is 0.0879 e. The van der Waals surface area contributed by atoms with Gasteiger partial charge >= 0.3 is 0 Å². The molecule has 0 saturated heterocycles. The molecule has 1 rings (SSSR count). The highest BCUT2D eigenvalue weighted by atomic mass is 14.1. The molecule has 0 heterocycles. The summed E-state index contributed by atoms with van der Waals surface area (Å²) in [6, 6.07) is 0. The highest BCUT2D eigenvalue weighted by Crippen LogP contribution is 2.18. The van der Waals surface area contributed by atoms with Gasteiger partial charge in [0.05, 0.1) is 0 Å². The van der Waals surface area contributed by atoms with Gasteiger partial charge in [-0.15, -0.1) is 0 Å². The lowest BCUT2D eigenvalue weighted by Crippen LogP contribution is -1.95. The van der Waals surface area contributed by atoms with Gasteiger partial charge in [-0.3, -0.25) is 0 Å². The first kappa shape index (κ1) is 9.57. The van der Waals surface area contributed by atoms with Crippen molar-refractivity contribution >= 4 is 0 Å². The summed E-state index contributed by atoms with van der Waals surface area (Å²) in [5.74, 6) is 0.746. The maximum absolute atomic E-state index is 2.38. The Hall–Kier alpha value is -0.520. The Morgan fingerprint density at radius 3 is 3.08 bits per heavy atom. The minimum atomic E-state index is 0.746. The Kier molecular flexibility index (Phi) is 4.82. The predicted octanol–water partition coefficient (Wildman–Crippen LogP) is 4.09. The highest BCUT2D eigenvalue weighted by molar-refractivity contribution is 5.03. The van der Waals surface area contributed by atoms with E-state index in [9.17, 15) is 0 Å². The van der Waals surface area contributed by atoms with Crippen LogP contribution in [0.4, 0.5) is 0 Å². The summed E-state index contributed by atoms with van der Waals surface area (Å²) in [4.78, 5) is 0. The normalized spacial score (nSPS) is 23.6. The molecule has 1 atom stereocenters. The van der Waals surface area contributed by atoms with Gasteiger partial charge in [0.25, 0.3) is 0 Å². The average Bonchev–Trinajstić information content (AvgIpc) is 2.14. The molecule has 0 aromatic rings. The first-order valence-corrected chi connectivity index (χ1v) is 5.27. The van der Waals surface area contributed by atoms with E-state index in [-0.39, 0.29) is 0 Å². The number of rotatable bonds is 4. The second-order valence-electron chi connectivity index (χ2n) is 3.59. The first-order valence-electron chi connectivity index (χ1n) is 5.27. The third-order valence-corrected chi connectivity index (χ3v) is 2.40. The summed E-state index contributed by atoms with van der Waals surface area (Å²) < 4.78 is 0. The third kappa shape index (κ3) is 3.75. The molecule has 0 fully saturated rings. The van der Waals surface area contributed by atoms with E-state index in [1.54, 1.807) is 0 Å².